The van der Waals surface area contributed by atoms with Crippen molar-refractivity contribution in [2.75, 3.05) is 7.05 Å². The van der Waals surface area contributed by atoms with Crippen LogP contribution in [0.5, 0.6) is 5.88 Å². The molecule has 2 aromatic heterocycles. The van der Waals surface area contributed by atoms with E-state index in [1.54, 1.807) is 31.1 Å². The van der Waals surface area contributed by atoms with Crippen molar-refractivity contribution in [3.8, 4) is 17.0 Å². The smallest absolute Gasteiger partial charge is 0.220 e. The van der Waals surface area contributed by atoms with E-state index in [-0.39, 0.29) is 5.88 Å². The van der Waals surface area contributed by atoms with Gasteiger partial charge in [-0.15, -0.1) is 5.11 Å². The van der Waals surface area contributed by atoms with Crippen LogP contribution in [0.25, 0.3) is 22.0 Å². The number of fused-ring (bicyclic) bond motifs is 1. The number of hydrogen-bond acceptors (Lipinski definition) is 4. The molecule has 0 spiro atoms. The summed E-state index contributed by atoms with van der Waals surface area (Å²) in [6.07, 6.45) is 3.52. The number of aromatic nitrogens is 2. The van der Waals surface area contributed by atoms with Gasteiger partial charge in [-0.25, -0.2) is 0 Å². The average molecular weight is 266 g/mol. The largest absolute Gasteiger partial charge is 0.493 e. The van der Waals surface area contributed by atoms with Crippen molar-refractivity contribution in [2.45, 2.75) is 0 Å². The Balaban J connectivity index is 2.28. The predicted octanol–water partition coefficient (Wildman–Crippen LogP) is 3.66. The first kappa shape index (κ1) is 12.3. The number of pyridine rings is 1. The molecule has 1 aromatic carbocycles. The molecular weight excluding hydrogens is 252 g/mol. The molecule has 0 fully saturated rings. The monoisotopic (exact) mass is 266 g/mol. The van der Waals surface area contributed by atoms with Crippen molar-refractivity contribution in [1.29, 1.82) is 0 Å². The van der Waals surface area contributed by atoms with Gasteiger partial charge in [-0.1, -0.05) is 6.07 Å². The molecule has 1 N–H and O–H groups in total. The van der Waals surface area contributed by atoms with Crippen LogP contribution >= 0.6 is 0 Å². The number of azo groups is 1. The van der Waals surface area contributed by atoms with E-state index < -0.39 is 0 Å². The minimum absolute atomic E-state index is 0.123. The van der Waals surface area contributed by atoms with Gasteiger partial charge in [-0.05, 0) is 35.4 Å². The lowest BCUT2D eigenvalue weighted by Crippen LogP contribution is -1.85. The minimum atomic E-state index is 0.123. The third-order valence-corrected chi connectivity index (χ3v) is 3.36. The Labute approximate surface area is 116 Å². The van der Waals surface area contributed by atoms with Crippen LogP contribution in [-0.4, -0.2) is 21.7 Å². The summed E-state index contributed by atoms with van der Waals surface area (Å²) in [5, 5.41) is 18.8. The highest BCUT2D eigenvalue weighted by Gasteiger charge is 2.14. The number of aromatic hydroxyl groups is 1. The molecule has 0 bridgehead atoms. The molecule has 0 amide bonds. The molecule has 0 aliphatic carbocycles. The molecule has 0 aliphatic rings. The fourth-order valence-corrected chi connectivity index (χ4v) is 2.33. The van der Waals surface area contributed by atoms with Crippen LogP contribution in [0.3, 0.4) is 0 Å². The summed E-state index contributed by atoms with van der Waals surface area (Å²) >= 11 is 0. The Morgan fingerprint density at radius 1 is 1.10 bits per heavy atom. The van der Waals surface area contributed by atoms with E-state index in [1.807, 2.05) is 30.3 Å². The Hall–Kier alpha value is -2.69. The summed E-state index contributed by atoms with van der Waals surface area (Å²) in [6, 6.07) is 9.90. The van der Waals surface area contributed by atoms with Crippen LogP contribution in [-0.2, 0) is 7.05 Å². The number of rotatable bonds is 2. The summed E-state index contributed by atoms with van der Waals surface area (Å²) in [6.45, 7) is 0. The van der Waals surface area contributed by atoms with Gasteiger partial charge >= 0.3 is 0 Å². The van der Waals surface area contributed by atoms with Crippen molar-refractivity contribution in [2.24, 2.45) is 17.3 Å². The summed E-state index contributed by atoms with van der Waals surface area (Å²) in [5.41, 5.74) is 3.55. The normalized spacial score (nSPS) is 11.5. The second-order valence-electron chi connectivity index (χ2n) is 4.50. The molecule has 5 nitrogen and oxygen atoms in total. The fourth-order valence-electron chi connectivity index (χ4n) is 2.33. The minimum Gasteiger partial charge on any atom is -0.493 e. The molecule has 2 heterocycles. The molecule has 0 saturated carbocycles. The lowest BCUT2D eigenvalue weighted by atomic mass is 10.1. The Morgan fingerprint density at radius 3 is 2.55 bits per heavy atom. The summed E-state index contributed by atoms with van der Waals surface area (Å²) in [7, 11) is 3.39. The van der Waals surface area contributed by atoms with E-state index in [4.69, 9.17) is 0 Å². The third-order valence-electron chi connectivity index (χ3n) is 3.36. The zero-order valence-electron chi connectivity index (χ0n) is 11.3. The number of benzene rings is 1. The van der Waals surface area contributed by atoms with Crippen LogP contribution < -0.4 is 0 Å². The van der Waals surface area contributed by atoms with Gasteiger partial charge in [0.05, 0.1) is 5.52 Å². The van der Waals surface area contributed by atoms with Gasteiger partial charge in [0.1, 0.15) is 0 Å². The van der Waals surface area contributed by atoms with Gasteiger partial charge < -0.3 is 9.67 Å². The quantitative estimate of drug-likeness (QED) is 0.719. The molecule has 0 atom stereocenters. The van der Waals surface area contributed by atoms with E-state index in [0.717, 1.165) is 22.0 Å². The van der Waals surface area contributed by atoms with Gasteiger partial charge in [0.2, 0.25) is 5.88 Å². The fraction of sp³-hybridized carbons (Fsp3) is 0.133. The molecule has 20 heavy (non-hydrogen) atoms. The summed E-state index contributed by atoms with van der Waals surface area (Å²) in [5.74, 6) is 0.123. The van der Waals surface area contributed by atoms with Gasteiger partial charge in [-0.2, -0.15) is 5.11 Å². The van der Waals surface area contributed by atoms with E-state index in [0.29, 0.717) is 5.69 Å². The Morgan fingerprint density at radius 2 is 1.85 bits per heavy atom. The average Bonchev–Trinajstić information content (AvgIpc) is 2.73. The maximum absolute atomic E-state index is 10.1. The van der Waals surface area contributed by atoms with Crippen LogP contribution in [0.1, 0.15) is 0 Å². The van der Waals surface area contributed by atoms with Crippen molar-refractivity contribution < 1.29 is 5.11 Å². The number of hydrogen-bond donors (Lipinski definition) is 1. The van der Waals surface area contributed by atoms with Crippen molar-refractivity contribution in [1.82, 2.24) is 9.55 Å². The molecule has 3 aromatic rings. The zero-order valence-corrected chi connectivity index (χ0v) is 11.3. The summed E-state index contributed by atoms with van der Waals surface area (Å²) < 4.78 is 1.70. The molecular formula is C15H14N4O. The first-order valence-electron chi connectivity index (χ1n) is 6.24. The van der Waals surface area contributed by atoms with Crippen molar-refractivity contribution in [3.63, 3.8) is 0 Å². The second-order valence-corrected chi connectivity index (χ2v) is 4.50. The van der Waals surface area contributed by atoms with Gasteiger partial charge in [0, 0.05) is 31.9 Å². The van der Waals surface area contributed by atoms with Crippen LogP contribution in [0.4, 0.5) is 5.69 Å². The molecule has 5 heteroatoms. The molecule has 3 rings (SSSR count). The van der Waals surface area contributed by atoms with E-state index in [9.17, 15) is 5.11 Å². The topological polar surface area (TPSA) is 62.8 Å². The highest BCUT2D eigenvalue weighted by Crippen LogP contribution is 2.39. The Kier molecular flexibility index (Phi) is 2.95. The van der Waals surface area contributed by atoms with Crippen molar-refractivity contribution >= 4 is 16.6 Å². The van der Waals surface area contributed by atoms with E-state index in [2.05, 4.69) is 15.2 Å². The number of aryl methyl sites for hydroxylation is 1. The van der Waals surface area contributed by atoms with Crippen molar-refractivity contribution in [3.05, 3.63) is 42.7 Å². The molecule has 0 saturated heterocycles. The number of nitrogens with zero attached hydrogens (tertiary/aromatic N) is 4. The van der Waals surface area contributed by atoms with E-state index >= 15 is 0 Å². The highest BCUT2D eigenvalue weighted by atomic mass is 16.3. The standard InChI is InChI=1S/C15H14N4O/c1-16-18-14-12-9-11(10-5-7-17-8-6-10)3-4-13(12)19(2)15(14)20/h3-9,20H,1-2H3. The van der Waals surface area contributed by atoms with Gasteiger partial charge in [-0.3, -0.25) is 4.98 Å². The molecule has 0 unspecified atom stereocenters. The van der Waals surface area contributed by atoms with Crippen LogP contribution in [0.2, 0.25) is 0 Å². The summed E-state index contributed by atoms with van der Waals surface area (Å²) in [4.78, 5) is 4.02. The van der Waals surface area contributed by atoms with Gasteiger partial charge in [0.25, 0.3) is 0 Å². The molecule has 0 radical (unpaired) electrons. The predicted molar refractivity (Wildman–Crippen MR) is 78.3 cm³/mol. The van der Waals surface area contributed by atoms with Crippen LogP contribution in [0, 0.1) is 0 Å². The zero-order chi connectivity index (χ0) is 14.1. The lowest BCUT2D eigenvalue weighted by Gasteiger charge is -2.02. The van der Waals surface area contributed by atoms with Crippen LogP contribution in [0.15, 0.2) is 53.0 Å². The SMILES string of the molecule is CN=Nc1c(O)n(C)c2ccc(-c3ccncc3)cc12. The maximum Gasteiger partial charge on any atom is 0.220 e. The maximum atomic E-state index is 10.1. The molecule has 0 aliphatic heterocycles. The lowest BCUT2D eigenvalue weighted by molar-refractivity contribution is 0.436. The van der Waals surface area contributed by atoms with Gasteiger partial charge in [0.15, 0.2) is 5.69 Å². The first-order valence-corrected chi connectivity index (χ1v) is 6.24. The van der Waals surface area contributed by atoms with E-state index in [1.165, 1.54) is 0 Å². The molecule has 100 valence electrons. The third kappa shape index (κ3) is 1.84. The Bertz CT molecular complexity index is 790. The second kappa shape index (κ2) is 4.77. The first-order chi connectivity index (χ1) is 9.72. The highest BCUT2D eigenvalue weighted by molar-refractivity contribution is 5.97.